The molecule has 1 aliphatic heterocycles. The van der Waals surface area contributed by atoms with Crippen molar-refractivity contribution in [2.24, 2.45) is 0 Å². The van der Waals surface area contributed by atoms with Crippen LogP contribution in [0.15, 0.2) is 36.7 Å². The Morgan fingerprint density at radius 3 is 3.05 bits per heavy atom. The molecule has 1 saturated heterocycles. The number of hydrogen-bond acceptors (Lipinski definition) is 3. The van der Waals surface area contributed by atoms with Gasteiger partial charge in [-0.2, -0.15) is 11.8 Å². The largest absolute Gasteiger partial charge is 0.312 e. The number of nitrogens with one attached hydrogen (secondary N) is 1. The first-order valence-corrected chi connectivity index (χ1v) is 8.06. The van der Waals surface area contributed by atoms with Crippen LogP contribution in [0.3, 0.4) is 0 Å². The predicted octanol–water partition coefficient (Wildman–Crippen LogP) is 3.78. The van der Waals surface area contributed by atoms with Gasteiger partial charge in [-0.25, -0.2) is 0 Å². The van der Waals surface area contributed by atoms with E-state index in [1.54, 1.807) is 0 Å². The number of rotatable bonds is 3. The van der Waals surface area contributed by atoms with Crippen molar-refractivity contribution < 1.29 is 0 Å². The van der Waals surface area contributed by atoms with Gasteiger partial charge < -0.3 is 5.32 Å². The Morgan fingerprint density at radius 2 is 2.26 bits per heavy atom. The van der Waals surface area contributed by atoms with Crippen LogP contribution in [-0.4, -0.2) is 23.0 Å². The molecule has 19 heavy (non-hydrogen) atoms. The van der Waals surface area contributed by atoms with Gasteiger partial charge in [0.15, 0.2) is 0 Å². The smallest absolute Gasteiger partial charge is 0.0444 e. The third kappa shape index (κ3) is 2.63. The fourth-order valence-corrected chi connectivity index (χ4v) is 4.46. The zero-order valence-corrected chi connectivity index (χ0v) is 12.1. The van der Waals surface area contributed by atoms with Crippen LogP contribution >= 0.6 is 11.8 Å². The number of pyridine rings is 1. The van der Waals surface area contributed by atoms with Crippen LogP contribution < -0.4 is 5.32 Å². The van der Waals surface area contributed by atoms with E-state index in [2.05, 4.69) is 53.4 Å². The van der Waals surface area contributed by atoms with Crippen molar-refractivity contribution in [3.8, 4) is 0 Å². The molecule has 3 heteroatoms. The van der Waals surface area contributed by atoms with E-state index in [9.17, 15) is 0 Å². The zero-order chi connectivity index (χ0) is 13.1. The fraction of sp³-hybridized carbons (Fsp3) is 0.438. The Labute approximate surface area is 119 Å². The molecular weight excluding hydrogens is 252 g/mol. The molecule has 0 spiro atoms. The average molecular weight is 272 g/mol. The lowest BCUT2D eigenvalue weighted by Crippen LogP contribution is -2.29. The number of hydrogen-bond donors (Lipinski definition) is 1. The van der Waals surface area contributed by atoms with E-state index in [0.717, 1.165) is 0 Å². The van der Waals surface area contributed by atoms with Crippen LogP contribution in [0, 0.1) is 0 Å². The summed E-state index contributed by atoms with van der Waals surface area (Å²) in [6.07, 6.45) is 7.92. The van der Waals surface area contributed by atoms with Crippen molar-refractivity contribution in [1.29, 1.82) is 0 Å². The normalized spacial score (nSPS) is 21.4. The number of aromatic nitrogens is 1. The van der Waals surface area contributed by atoms with Gasteiger partial charge in [0.25, 0.3) is 0 Å². The van der Waals surface area contributed by atoms with Crippen LogP contribution in [0.25, 0.3) is 10.8 Å². The van der Waals surface area contributed by atoms with Crippen LogP contribution in [0.2, 0.25) is 0 Å². The van der Waals surface area contributed by atoms with Crippen molar-refractivity contribution in [3.63, 3.8) is 0 Å². The van der Waals surface area contributed by atoms with E-state index < -0.39 is 0 Å². The predicted molar refractivity (Wildman–Crippen MR) is 83.6 cm³/mol. The number of fused-ring (bicyclic) bond motifs is 1. The van der Waals surface area contributed by atoms with Gasteiger partial charge in [-0.3, -0.25) is 4.98 Å². The highest BCUT2D eigenvalue weighted by Gasteiger charge is 2.25. The Balaban J connectivity index is 2.00. The topological polar surface area (TPSA) is 24.9 Å². The Morgan fingerprint density at radius 1 is 1.32 bits per heavy atom. The summed E-state index contributed by atoms with van der Waals surface area (Å²) in [5.74, 6) is 1.30. The first-order valence-electron chi connectivity index (χ1n) is 7.01. The van der Waals surface area contributed by atoms with Gasteiger partial charge in [0.2, 0.25) is 0 Å². The van der Waals surface area contributed by atoms with Crippen molar-refractivity contribution in [1.82, 2.24) is 10.3 Å². The SMILES string of the molecule is CNC(c1cccc2ccncc12)C1CCCCS1. The lowest BCUT2D eigenvalue weighted by Gasteiger charge is -2.30. The van der Waals surface area contributed by atoms with E-state index in [1.165, 1.54) is 41.4 Å². The summed E-state index contributed by atoms with van der Waals surface area (Å²) in [6, 6.07) is 9.11. The summed E-state index contributed by atoms with van der Waals surface area (Å²) >= 11 is 2.12. The monoisotopic (exact) mass is 272 g/mol. The van der Waals surface area contributed by atoms with E-state index in [1.807, 2.05) is 12.4 Å². The minimum Gasteiger partial charge on any atom is -0.312 e. The van der Waals surface area contributed by atoms with Crippen molar-refractivity contribution in [2.45, 2.75) is 30.6 Å². The van der Waals surface area contributed by atoms with Gasteiger partial charge in [-0.15, -0.1) is 0 Å². The van der Waals surface area contributed by atoms with Crippen LogP contribution in [0.4, 0.5) is 0 Å². The Bertz CT molecular complexity index is 544. The van der Waals surface area contributed by atoms with E-state index in [0.29, 0.717) is 11.3 Å². The second kappa shape index (κ2) is 5.93. The lowest BCUT2D eigenvalue weighted by molar-refractivity contribution is 0.519. The molecule has 2 nitrogen and oxygen atoms in total. The quantitative estimate of drug-likeness (QED) is 0.920. The van der Waals surface area contributed by atoms with Crippen molar-refractivity contribution in [2.75, 3.05) is 12.8 Å². The second-order valence-corrected chi connectivity index (χ2v) is 6.46. The van der Waals surface area contributed by atoms with Crippen molar-refractivity contribution >= 4 is 22.5 Å². The molecule has 1 aromatic heterocycles. The summed E-state index contributed by atoms with van der Waals surface area (Å²) < 4.78 is 0. The van der Waals surface area contributed by atoms with Crippen molar-refractivity contribution in [3.05, 3.63) is 42.2 Å². The third-order valence-electron chi connectivity index (χ3n) is 3.95. The summed E-state index contributed by atoms with van der Waals surface area (Å²) in [4.78, 5) is 4.30. The van der Waals surface area contributed by atoms with Gasteiger partial charge in [0.1, 0.15) is 0 Å². The van der Waals surface area contributed by atoms with Gasteiger partial charge in [0.05, 0.1) is 0 Å². The van der Waals surface area contributed by atoms with Gasteiger partial charge in [-0.05, 0) is 42.7 Å². The molecule has 0 bridgehead atoms. The summed E-state index contributed by atoms with van der Waals surface area (Å²) in [5.41, 5.74) is 1.40. The first-order chi connectivity index (χ1) is 9.40. The molecule has 100 valence electrons. The zero-order valence-electron chi connectivity index (χ0n) is 11.3. The minimum absolute atomic E-state index is 0.429. The number of benzene rings is 1. The fourth-order valence-electron chi connectivity index (χ4n) is 2.98. The maximum atomic E-state index is 4.30. The molecule has 2 atom stereocenters. The molecule has 0 saturated carbocycles. The third-order valence-corrected chi connectivity index (χ3v) is 5.41. The molecule has 1 aliphatic rings. The lowest BCUT2D eigenvalue weighted by atomic mass is 9.95. The van der Waals surface area contributed by atoms with Gasteiger partial charge >= 0.3 is 0 Å². The molecule has 1 N–H and O–H groups in total. The highest BCUT2D eigenvalue weighted by molar-refractivity contribution is 8.00. The van der Waals surface area contributed by atoms with Gasteiger partial charge in [-0.1, -0.05) is 24.6 Å². The molecule has 0 aliphatic carbocycles. The summed E-state index contributed by atoms with van der Waals surface area (Å²) in [5, 5.41) is 6.79. The molecule has 0 amide bonds. The van der Waals surface area contributed by atoms with E-state index in [-0.39, 0.29) is 0 Å². The molecule has 1 fully saturated rings. The average Bonchev–Trinajstić information content (AvgIpc) is 2.49. The molecule has 2 aromatic rings. The van der Waals surface area contributed by atoms with Crippen LogP contribution in [-0.2, 0) is 0 Å². The van der Waals surface area contributed by atoms with Crippen LogP contribution in [0.1, 0.15) is 30.9 Å². The molecule has 2 unspecified atom stereocenters. The maximum absolute atomic E-state index is 4.30. The summed E-state index contributed by atoms with van der Waals surface area (Å²) in [7, 11) is 2.08. The molecule has 3 rings (SSSR count). The first kappa shape index (κ1) is 12.9. The summed E-state index contributed by atoms with van der Waals surface area (Å²) in [6.45, 7) is 0. The molecule has 0 radical (unpaired) electrons. The molecule has 2 heterocycles. The van der Waals surface area contributed by atoms with Crippen LogP contribution in [0.5, 0.6) is 0 Å². The maximum Gasteiger partial charge on any atom is 0.0444 e. The number of nitrogens with zero attached hydrogens (tertiary/aromatic N) is 1. The highest BCUT2D eigenvalue weighted by atomic mass is 32.2. The van der Waals surface area contributed by atoms with Gasteiger partial charge in [0, 0.05) is 29.1 Å². The minimum atomic E-state index is 0.429. The second-order valence-electron chi connectivity index (χ2n) is 5.12. The van der Waals surface area contributed by atoms with E-state index >= 15 is 0 Å². The highest BCUT2D eigenvalue weighted by Crippen LogP contribution is 2.36. The molecular formula is C16H20N2S. The Kier molecular flexibility index (Phi) is 4.04. The standard InChI is InChI=1S/C16H20N2S/c1-17-16(15-7-2-3-10-19-15)13-6-4-5-12-8-9-18-11-14(12)13/h4-6,8-9,11,15-17H,2-3,7,10H2,1H3. The number of thioether (sulfide) groups is 1. The Hall–Kier alpha value is -1.06. The van der Waals surface area contributed by atoms with E-state index in [4.69, 9.17) is 0 Å². The molecule has 1 aromatic carbocycles.